The van der Waals surface area contributed by atoms with E-state index in [0.29, 0.717) is 6.61 Å². The van der Waals surface area contributed by atoms with Gasteiger partial charge in [0, 0.05) is 0 Å². The molecule has 14 heavy (non-hydrogen) atoms. The van der Waals surface area contributed by atoms with Crippen molar-refractivity contribution in [2.45, 2.75) is 26.6 Å². The molecule has 0 heterocycles. The summed E-state index contributed by atoms with van der Waals surface area (Å²) in [5.41, 5.74) is 1.14. The summed E-state index contributed by atoms with van der Waals surface area (Å²) >= 11 is 0. The Bertz CT molecular complexity index is 302. The first-order chi connectivity index (χ1) is 6.74. The van der Waals surface area contributed by atoms with Gasteiger partial charge in [-0.15, -0.1) is 0 Å². The zero-order valence-electron chi connectivity index (χ0n) is 8.60. The highest BCUT2D eigenvalue weighted by atomic mass is 16.5. The molecule has 0 fully saturated rings. The average molecular weight is 189 g/mol. The number of nitrogens with zero attached hydrogens (tertiary/aromatic N) is 1. The van der Waals surface area contributed by atoms with Crippen molar-refractivity contribution < 1.29 is 4.74 Å². The number of hydrogen-bond donors (Lipinski definition) is 0. The highest BCUT2D eigenvalue weighted by molar-refractivity contribution is 5.13. The van der Waals surface area contributed by atoms with E-state index in [-0.39, 0.29) is 12.0 Å². The number of benzene rings is 1. The molecular weight excluding hydrogens is 174 g/mol. The van der Waals surface area contributed by atoms with E-state index in [2.05, 4.69) is 6.07 Å². The Balaban J connectivity index is 2.39. The Labute approximate surface area is 85.1 Å². The second-order valence-electron chi connectivity index (χ2n) is 3.42. The topological polar surface area (TPSA) is 33.0 Å². The van der Waals surface area contributed by atoms with Crippen molar-refractivity contribution in [2.24, 2.45) is 5.92 Å². The Kier molecular flexibility index (Phi) is 4.15. The second-order valence-corrected chi connectivity index (χ2v) is 3.42. The van der Waals surface area contributed by atoms with Crippen LogP contribution in [0.15, 0.2) is 30.3 Å². The van der Waals surface area contributed by atoms with Crippen LogP contribution >= 0.6 is 0 Å². The zero-order valence-corrected chi connectivity index (χ0v) is 8.60. The Morgan fingerprint density at radius 3 is 2.50 bits per heavy atom. The van der Waals surface area contributed by atoms with Gasteiger partial charge in [0.2, 0.25) is 0 Å². The van der Waals surface area contributed by atoms with Crippen LogP contribution in [0.25, 0.3) is 0 Å². The van der Waals surface area contributed by atoms with Gasteiger partial charge in [-0.3, -0.25) is 0 Å². The number of nitriles is 1. The van der Waals surface area contributed by atoms with Crippen LogP contribution in [0, 0.1) is 17.2 Å². The summed E-state index contributed by atoms with van der Waals surface area (Å²) in [6.45, 7) is 4.38. The molecule has 0 saturated carbocycles. The van der Waals surface area contributed by atoms with E-state index in [1.807, 2.05) is 44.2 Å². The molecule has 0 aliphatic carbocycles. The van der Waals surface area contributed by atoms with Gasteiger partial charge in [0.1, 0.15) is 0 Å². The monoisotopic (exact) mass is 189 g/mol. The summed E-state index contributed by atoms with van der Waals surface area (Å²) in [7, 11) is 0. The normalized spacial score (nSPS) is 14.4. The van der Waals surface area contributed by atoms with Crippen molar-refractivity contribution in [3.8, 4) is 6.07 Å². The molecule has 0 aromatic heterocycles. The van der Waals surface area contributed by atoms with E-state index in [1.54, 1.807) is 0 Å². The van der Waals surface area contributed by atoms with Crippen LogP contribution in [0.1, 0.15) is 19.4 Å². The number of ether oxygens (including phenoxy) is 1. The zero-order chi connectivity index (χ0) is 10.4. The predicted molar refractivity (Wildman–Crippen MR) is 55.5 cm³/mol. The van der Waals surface area contributed by atoms with Gasteiger partial charge in [0.25, 0.3) is 0 Å². The van der Waals surface area contributed by atoms with Crippen molar-refractivity contribution in [1.82, 2.24) is 0 Å². The largest absolute Gasteiger partial charge is 0.372 e. The molecule has 0 N–H and O–H groups in total. The SMILES string of the molecule is CC(C#N)[C@H](C)OCc1ccccc1. The highest BCUT2D eigenvalue weighted by Crippen LogP contribution is 2.09. The minimum Gasteiger partial charge on any atom is -0.372 e. The molecule has 1 rings (SSSR count). The van der Waals surface area contributed by atoms with Gasteiger partial charge in [0.05, 0.1) is 24.7 Å². The summed E-state index contributed by atoms with van der Waals surface area (Å²) in [6.07, 6.45) is -0.0137. The molecule has 2 atom stereocenters. The molecular formula is C12H15NO. The Hall–Kier alpha value is -1.33. The lowest BCUT2D eigenvalue weighted by atomic mass is 10.1. The molecule has 1 aromatic rings. The van der Waals surface area contributed by atoms with Crippen LogP contribution in [0.3, 0.4) is 0 Å². The maximum absolute atomic E-state index is 8.67. The van der Waals surface area contributed by atoms with E-state index in [4.69, 9.17) is 10.00 Å². The van der Waals surface area contributed by atoms with Crippen LogP contribution < -0.4 is 0 Å². The Morgan fingerprint density at radius 2 is 1.93 bits per heavy atom. The second kappa shape index (κ2) is 5.41. The summed E-state index contributed by atoms with van der Waals surface area (Å²) in [6, 6.07) is 12.2. The van der Waals surface area contributed by atoms with Crippen LogP contribution in [0.5, 0.6) is 0 Å². The molecule has 0 radical (unpaired) electrons. The van der Waals surface area contributed by atoms with Gasteiger partial charge in [0.15, 0.2) is 0 Å². The lowest BCUT2D eigenvalue weighted by Gasteiger charge is -2.14. The van der Waals surface area contributed by atoms with Crippen molar-refractivity contribution in [2.75, 3.05) is 0 Å². The van der Waals surface area contributed by atoms with E-state index < -0.39 is 0 Å². The molecule has 0 bridgehead atoms. The lowest BCUT2D eigenvalue weighted by molar-refractivity contribution is 0.0326. The molecule has 2 heteroatoms. The lowest BCUT2D eigenvalue weighted by Crippen LogP contribution is -2.16. The standard InChI is InChI=1S/C12H15NO/c1-10(8-13)11(2)14-9-12-6-4-3-5-7-12/h3-7,10-11H,9H2,1-2H3/t10?,11-/m0/s1. The summed E-state index contributed by atoms with van der Waals surface area (Å²) in [5.74, 6) is -0.0567. The van der Waals surface area contributed by atoms with Crippen LogP contribution in [0.2, 0.25) is 0 Å². The van der Waals surface area contributed by atoms with Crippen LogP contribution in [-0.2, 0) is 11.3 Å². The summed E-state index contributed by atoms with van der Waals surface area (Å²) < 4.78 is 5.56. The maximum atomic E-state index is 8.67. The van der Waals surface area contributed by atoms with Gasteiger partial charge in [-0.1, -0.05) is 30.3 Å². The molecule has 0 saturated heterocycles. The molecule has 0 amide bonds. The fraction of sp³-hybridized carbons (Fsp3) is 0.417. The minimum absolute atomic E-state index is 0.0137. The molecule has 0 spiro atoms. The van der Waals surface area contributed by atoms with E-state index in [1.165, 1.54) is 0 Å². The smallest absolute Gasteiger partial charge is 0.0721 e. The van der Waals surface area contributed by atoms with Crippen molar-refractivity contribution in [3.63, 3.8) is 0 Å². The van der Waals surface area contributed by atoms with Gasteiger partial charge in [-0.25, -0.2) is 0 Å². The third-order valence-corrected chi connectivity index (χ3v) is 2.26. The van der Waals surface area contributed by atoms with E-state index in [9.17, 15) is 0 Å². The van der Waals surface area contributed by atoms with Crippen LogP contribution in [0.4, 0.5) is 0 Å². The average Bonchev–Trinajstić information content (AvgIpc) is 2.26. The highest BCUT2D eigenvalue weighted by Gasteiger charge is 2.10. The first-order valence-electron chi connectivity index (χ1n) is 4.79. The molecule has 1 unspecified atom stereocenters. The van der Waals surface area contributed by atoms with Crippen molar-refractivity contribution >= 4 is 0 Å². The van der Waals surface area contributed by atoms with E-state index in [0.717, 1.165) is 5.56 Å². The number of hydrogen-bond acceptors (Lipinski definition) is 2. The van der Waals surface area contributed by atoms with Gasteiger partial charge >= 0.3 is 0 Å². The molecule has 0 aliphatic heterocycles. The third-order valence-electron chi connectivity index (χ3n) is 2.26. The fourth-order valence-corrected chi connectivity index (χ4v) is 1.05. The summed E-state index contributed by atoms with van der Waals surface area (Å²) in [4.78, 5) is 0. The van der Waals surface area contributed by atoms with Crippen molar-refractivity contribution in [3.05, 3.63) is 35.9 Å². The summed E-state index contributed by atoms with van der Waals surface area (Å²) in [5, 5.41) is 8.67. The molecule has 74 valence electrons. The minimum atomic E-state index is -0.0567. The first kappa shape index (κ1) is 10.7. The van der Waals surface area contributed by atoms with Gasteiger partial charge in [-0.2, -0.15) is 5.26 Å². The molecule has 1 aromatic carbocycles. The first-order valence-corrected chi connectivity index (χ1v) is 4.79. The van der Waals surface area contributed by atoms with Crippen LogP contribution in [-0.4, -0.2) is 6.10 Å². The Morgan fingerprint density at radius 1 is 1.29 bits per heavy atom. The van der Waals surface area contributed by atoms with Gasteiger partial charge in [-0.05, 0) is 19.4 Å². The molecule has 0 aliphatic rings. The van der Waals surface area contributed by atoms with E-state index >= 15 is 0 Å². The third kappa shape index (κ3) is 3.20. The van der Waals surface area contributed by atoms with Crippen molar-refractivity contribution in [1.29, 1.82) is 5.26 Å². The predicted octanol–water partition coefficient (Wildman–Crippen LogP) is 2.75. The quantitative estimate of drug-likeness (QED) is 0.729. The maximum Gasteiger partial charge on any atom is 0.0721 e. The fourth-order valence-electron chi connectivity index (χ4n) is 1.05. The molecule has 2 nitrogen and oxygen atoms in total. The number of rotatable bonds is 4. The van der Waals surface area contributed by atoms with Gasteiger partial charge < -0.3 is 4.74 Å².